The summed E-state index contributed by atoms with van der Waals surface area (Å²) in [6, 6.07) is 64.9. The summed E-state index contributed by atoms with van der Waals surface area (Å²) in [4.78, 5) is 2.37. The van der Waals surface area contributed by atoms with Gasteiger partial charge < -0.3 is 13.9 Å². The van der Waals surface area contributed by atoms with E-state index in [-0.39, 0.29) is 0 Å². The number of aromatic nitrogens is 1. The van der Waals surface area contributed by atoms with Crippen LogP contribution in [0.2, 0.25) is 0 Å². The molecule has 0 unspecified atom stereocenters. The summed E-state index contributed by atoms with van der Waals surface area (Å²) in [6.45, 7) is 0. The van der Waals surface area contributed by atoms with Crippen molar-refractivity contribution in [3.05, 3.63) is 182 Å². The van der Waals surface area contributed by atoms with Gasteiger partial charge in [-0.3, -0.25) is 0 Å². The Balaban J connectivity index is 1.13. The van der Waals surface area contributed by atoms with Gasteiger partial charge in [-0.2, -0.15) is 0 Å². The van der Waals surface area contributed by atoms with Crippen molar-refractivity contribution in [1.29, 1.82) is 0 Å². The van der Waals surface area contributed by atoms with Gasteiger partial charge in [0.25, 0.3) is 0 Å². The Hall–Kier alpha value is -6.58. The Labute approximate surface area is 283 Å². The van der Waals surface area contributed by atoms with Crippen molar-refractivity contribution in [2.75, 3.05) is 4.90 Å². The highest BCUT2D eigenvalue weighted by Crippen LogP contribution is 2.44. The van der Waals surface area contributed by atoms with E-state index in [2.05, 4.69) is 191 Å². The first-order valence-electron chi connectivity index (χ1n) is 16.7. The summed E-state index contributed by atoms with van der Waals surface area (Å²) in [5.41, 5.74) is 10.9. The average Bonchev–Trinajstić information content (AvgIpc) is 3.72. The van der Waals surface area contributed by atoms with Gasteiger partial charge >= 0.3 is 0 Å². The van der Waals surface area contributed by atoms with Crippen molar-refractivity contribution in [3.8, 4) is 16.8 Å². The van der Waals surface area contributed by atoms with Gasteiger partial charge in [-0.05, 0) is 88.6 Å². The summed E-state index contributed by atoms with van der Waals surface area (Å²) >= 11 is 0. The van der Waals surface area contributed by atoms with Crippen molar-refractivity contribution in [2.45, 2.75) is 0 Å². The lowest BCUT2D eigenvalue weighted by Gasteiger charge is -2.27. The van der Waals surface area contributed by atoms with Crippen molar-refractivity contribution in [3.63, 3.8) is 0 Å². The molecule has 0 amide bonds. The second-order valence-electron chi connectivity index (χ2n) is 12.6. The standard InChI is InChI=1S/C46H30N2O/c1-3-13-34(14-4-1)47(42-21-11-19-39-38-18-9-10-20-41(38)48(46(39)42)35-15-5-2-6-16-35)36-26-22-31(23-27-36)33-24-28-40-44(30-33)49-43-29-25-32-12-7-8-17-37(32)45(40)43/h1-30H. The maximum Gasteiger partial charge on any atom is 0.136 e. The van der Waals surface area contributed by atoms with Crippen molar-refractivity contribution >= 4 is 71.6 Å². The predicted molar refractivity (Wildman–Crippen MR) is 206 cm³/mol. The molecule has 0 radical (unpaired) electrons. The Morgan fingerprint density at radius 2 is 1.10 bits per heavy atom. The Morgan fingerprint density at radius 1 is 0.429 bits per heavy atom. The van der Waals surface area contributed by atoms with Crippen molar-refractivity contribution in [1.82, 2.24) is 4.57 Å². The zero-order valence-corrected chi connectivity index (χ0v) is 26.6. The highest BCUT2D eigenvalue weighted by Gasteiger charge is 2.21. The highest BCUT2D eigenvalue weighted by atomic mass is 16.3. The fourth-order valence-corrected chi connectivity index (χ4v) is 7.56. The van der Waals surface area contributed by atoms with Gasteiger partial charge in [0.2, 0.25) is 0 Å². The van der Waals surface area contributed by atoms with Gasteiger partial charge in [-0.25, -0.2) is 0 Å². The molecule has 0 aliphatic heterocycles. The smallest absolute Gasteiger partial charge is 0.136 e. The van der Waals surface area contributed by atoms with Crippen LogP contribution in [0.1, 0.15) is 0 Å². The molecule has 2 heterocycles. The van der Waals surface area contributed by atoms with Gasteiger partial charge in [0.15, 0.2) is 0 Å². The molecule has 10 aromatic rings. The molecule has 10 rings (SSSR count). The van der Waals surface area contributed by atoms with Crippen LogP contribution in [-0.2, 0) is 0 Å². The SMILES string of the molecule is c1ccc(N(c2ccc(-c3ccc4c(c3)oc3ccc5ccccc5c34)cc2)c2cccc3c4ccccc4n(-c4ccccc4)c23)cc1. The molecule has 3 heteroatoms. The van der Waals surface area contributed by atoms with Gasteiger partial charge in [0.05, 0.1) is 16.7 Å². The molecular formula is C46H30N2O. The molecule has 0 aliphatic rings. The number of nitrogens with zero attached hydrogens (tertiary/aromatic N) is 2. The van der Waals surface area contributed by atoms with E-state index in [0.29, 0.717) is 0 Å². The van der Waals surface area contributed by atoms with E-state index in [1.54, 1.807) is 0 Å². The number of furan rings is 1. The maximum absolute atomic E-state index is 6.40. The van der Waals surface area contributed by atoms with E-state index in [1.165, 1.54) is 38.0 Å². The first kappa shape index (κ1) is 27.5. The summed E-state index contributed by atoms with van der Waals surface area (Å²) < 4.78 is 8.80. The fraction of sp³-hybridized carbons (Fsp3) is 0. The molecule has 0 spiro atoms. The number of benzene rings is 8. The van der Waals surface area contributed by atoms with Gasteiger partial charge in [-0.1, -0.05) is 115 Å². The number of hydrogen-bond donors (Lipinski definition) is 0. The molecule has 0 atom stereocenters. The van der Waals surface area contributed by atoms with Crippen LogP contribution in [0.3, 0.4) is 0 Å². The van der Waals surface area contributed by atoms with E-state index in [9.17, 15) is 0 Å². The fourth-order valence-electron chi connectivity index (χ4n) is 7.56. The summed E-state index contributed by atoms with van der Waals surface area (Å²) in [7, 11) is 0. The third-order valence-corrected chi connectivity index (χ3v) is 9.76. The van der Waals surface area contributed by atoms with Gasteiger partial charge in [0.1, 0.15) is 11.2 Å². The number of fused-ring (bicyclic) bond motifs is 8. The first-order valence-corrected chi connectivity index (χ1v) is 16.7. The summed E-state index contributed by atoms with van der Waals surface area (Å²) in [5, 5.41) is 7.22. The van der Waals surface area contributed by atoms with E-state index < -0.39 is 0 Å². The molecule has 8 aromatic carbocycles. The minimum Gasteiger partial charge on any atom is -0.456 e. The molecule has 0 saturated heterocycles. The minimum absolute atomic E-state index is 0.902. The van der Waals surface area contributed by atoms with Crippen LogP contribution in [0, 0.1) is 0 Å². The number of para-hydroxylation sites is 4. The Kier molecular flexibility index (Phi) is 6.18. The van der Waals surface area contributed by atoms with Crippen LogP contribution in [0.15, 0.2) is 186 Å². The van der Waals surface area contributed by atoms with Crippen LogP contribution in [0.5, 0.6) is 0 Å². The molecule has 49 heavy (non-hydrogen) atoms. The minimum atomic E-state index is 0.902. The molecular weight excluding hydrogens is 597 g/mol. The third-order valence-electron chi connectivity index (χ3n) is 9.76. The second-order valence-corrected chi connectivity index (χ2v) is 12.6. The predicted octanol–water partition coefficient (Wildman–Crippen LogP) is 13.0. The van der Waals surface area contributed by atoms with Crippen LogP contribution in [0.4, 0.5) is 17.1 Å². The highest BCUT2D eigenvalue weighted by molar-refractivity contribution is 6.19. The van der Waals surface area contributed by atoms with Crippen molar-refractivity contribution < 1.29 is 4.42 Å². The van der Waals surface area contributed by atoms with Crippen LogP contribution in [-0.4, -0.2) is 4.57 Å². The molecule has 3 nitrogen and oxygen atoms in total. The van der Waals surface area contributed by atoms with Crippen LogP contribution < -0.4 is 4.90 Å². The lowest BCUT2D eigenvalue weighted by molar-refractivity contribution is 0.669. The third kappa shape index (κ3) is 4.37. The maximum atomic E-state index is 6.40. The second kappa shape index (κ2) is 11.0. The van der Waals surface area contributed by atoms with E-state index in [1.807, 2.05) is 0 Å². The lowest BCUT2D eigenvalue weighted by atomic mass is 10.0. The summed E-state index contributed by atoms with van der Waals surface area (Å²) in [6.07, 6.45) is 0. The normalized spacial score (nSPS) is 11.7. The summed E-state index contributed by atoms with van der Waals surface area (Å²) in [5.74, 6) is 0. The molecule has 0 fully saturated rings. The Morgan fingerprint density at radius 3 is 1.94 bits per heavy atom. The topological polar surface area (TPSA) is 21.3 Å². The molecule has 0 aliphatic carbocycles. The van der Waals surface area contributed by atoms with Crippen LogP contribution in [0.25, 0.3) is 71.3 Å². The molecule has 230 valence electrons. The average molecular weight is 627 g/mol. The number of anilines is 3. The molecule has 0 N–H and O–H groups in total. The molecule has 2 aromatic heterocycles. The van der Waals surface area contributed by atoms with Gasteiger partial charge in [0, 0.05) is 38.6 Å². The zero-order valence-electron chi connectivity index (χ0n) is 26.6. The van der Waals surface area contributed by atoms with Crippen molar-refractivity contribution in [2.24, 2.45) is 0 Å². The van der Waals surface area contributed by atoms with E-state index in [0.717, 1.165) is 50.4 Å². The molecule has 0 bridgehead atoms. The molecule has 0 saturated carbocycles. The largest absolute Gasteiger partial charge is 0.456 e. The van der Waals surface area contributed by atoms with E-state index >= 15 is 0 Å². The monoisotopic (exact) mass is 626 g/mol. The quantitative estimate of drug-likeness (QED) is 0.190. The number of rotatable bonds is 5. The zero-order chi connectivity index (χ0) is 32.3. The lowest BCUT2D eigenvalue weighted by Crippen LogP contribution is -2.11. The Bertz CT molecular complexity index is 2810. The van der Waals surface area contributed by atoms with Gasteiger partial charge in [-0.15, -0.1) is 0 Å². The first-order chi connectivity index (χ1) is 24.3. The van der Waals surface area contributed by atoms with E-state index in [4.69, 9.17) is 4.42 Å². The number of hydrogen-bond acceptors (Lipinski definition) is 2. The van der Waals surface area contributed by atoms with Crippen LogP contribution >= 0.6 is 0 Å².